The zero-order chi connectivity index (χ0) is 16.1. The number of hydrogen-bond acceptors (Lipinski definition) is 5. The third-order valence-corrected chi connectivity index (χ3v) is 3.34. The Kier molecular flexibility index (Phi) is 4.97. The number of aromatic carboxylic acids is 1. The zero-order valence-electron chi connectivity index (χ0n) is 12.3. The molecule has 0 radical (unpaired) electrons. The van der Waals surface area contributed by atoms with Gasteiger partial charge in [0.25, 0.3) is 0 Å². The second-order valence-corrected chi connectivity index (χ2v) is 4.80. The van der Waals surface area contributed by atoms with Gasteiger partial charge in [0.05, 0.1) is 18.4 Å². The monoisotopic (exact) mass is 310 g/mol. The summed E-state index contributed by atoms with van der Waals surface area (Å²) in [6.45, 7) is 3.73. The third-order valence-electron chi connectivity index (χ3n) is 3.34. The predicted octanol–water partition coefficient (Wildman–Crippen LogP) is -0.118. The van der Waals surface area contributed by atoms with Crippen LogP contribution in [-0.2, 0) is 16.1 Å². The molecule has 2 heterocycles. The molecule has 9 heteroatoms. The van der Waals surface area contributed by atoms with Crippen LogP contribution in [0.4, 0.5) is 4.79 Å². The second kappa shape index (κ2) is 6.92. The number of amides is 2. The highest BCUT2D eigenvalue weighted by atomic mass is 16.6. The highest BCUT2D eigenvalue weighted by molar-refractivity contribution is 5.87. The van der Waals surface area contributed by atoms with Crippen molar-refractivity contribution in [3.05, 3.63) is 18.0 Å². The Hall–Kier alpha value is -2.58. The average Bonchev–Trinajstić information content (AvgIpc) is 2.96. The SMILES string of the molecule is CCOC(=O)N1CCN(C(=O)Cn2cc(C(=O)O)cn2)CC1. The minimum absolute atomic E-state index is 0.0211. The molecule has 1 N–H and O–H groups in total. The summed E-state index contributed by atoms with van der Waals surface area (Å²) in [4.78, 5) is 37.6. The number of nitrogens with zero attached hydrogens (tertiary/aromatic N) is 4. The van der Waals surface area contributed by atoms with Crippen molar-refractivity contribution in [1.29, 1.82) is 0 Å². The Morgan fingerprint density at radius 2 is 1.86 bits per heavy atom. The summed E-state index contributed by atoms with van der Waals surface area (Å²) in [5.41, 5.74) is 0.0416. The fraction of sp³-hybridized carbons (Fsp3) is 0.538. The second-order valence-electron chi connectivity index (χ2n) is 4.80. The average molecular weight is 310 g/mol. The van der Waals surface area contributed by atoms with Gasteiger partial charge in [-0.3, -0.25) is 9.48 Å². The Balaban J connectivity index is 1.84. The molecule has 2 rings (SSSR count). The number of aromatic nitrogens is 2. The minimum atomic E-state index is -1.08. The Bertz CT molecular complexity index is 563. The maximum absolute atomic E-state index is 12.1. The van der Waals surface area contributed by atoms with Gasteiger partial charge in [-0.25, -0.2) is 9.59 Å². The number of ether oxygens (including phenoxy) is 1. The maximum atomic E-state index is 12.1. The molecule has 0 spiro atoms. The summed E-state index contributed by atoms with van der Waals surface area (Å²) in [6, 6.07) is 0. The van der Waals surface area contributed by atoms with E-state index in [0.717, 1.165) is 0 Å². The molecule has 1 fully saturated rings. The van der Waals surface area contributed by atoms with E-state index in [1.165, 1.54) is 17.1 Å². The van der Waals surface area contributed by atoms with Crippen LogP contribution in [-0.4, -0.2) is 75.4 Å². The van der Waals surface area contributed by atoms with Crippen molar-refractivity contribution in [1.82, 2.24) is 19.6 Å². The lowest BCUT2D eigenvalue weighted by Crippen LogP contribution is -2.51. The van der Waals surface area contributed by atoms with Gasteiger partial charge in [0.1, 0.15) is 6.54 Å². The Labute approximate surface area is 127 Å². The van der Waals surface area contributed by atoms with E-state index in [1.54, 1.807) is 16.7 Å². The van der Waals surface area contributed by atoms with Crippen LogP contribution in [0.15, 0.2) is 12.4 Å². The van der Waals surface area contributed by atoms with E-state index in [2.05, 4.69) is 5.10 Å². The number of carboxylic acids is 1. The first kappa shape index (κ1) is 15.8. The van der Waals surface area contributed by atoms with Crippen molar-refractivity contribution < 1.29 is 24.2 Å². The summed E-state index contributed by atoms with van der Waals surface area (Å²) >= 11 is 0. The highest BCUT2D eigenvalue weighted by Gasteiger charge is 2.25. The van der Waals surface area contributed by atoms with Crippen LogP contribution >= 0.6 is 0 Å². The molecular weight excluding hydrogens is 292 g/mol. The molecule has 2 amide bonds. The van der Waals surface area contributed by atoms with Gasteiger partial charge in [0.15, 0.2) is 0 Å². The lowest BCUT2D eigenvalue weighted by molar-refractivity contribution is -0.133. The van der Waals surface area contributed by atoms with Crippen LogP contribution in [0, 0.1) is 0 Å². The van der Waals surface area contributed by atoms with Crippen LogP contribution in [0.25, 0.3) is 0 Å². The van der Waals surface area contributed by atoms with Gasteiger partial charge < -0.3 is 19.6 Å². The number of carbonyl (C=O) groups is 3. The highest BCUT2D eigenvalue weighted by Crippen LogP contribution is 2.06. The van der Waals surface area contributed by atoms with Crippen molar-refractivity contribution >= 4 is 18.0 Å². The molecule has 0 atom stereocenters. The summed E-state index contributed by atoms with van der Waals surface area (Å²) < 4.78 is 6.21. The zero-order valence-corrected chi connectivity index (χ0v) is 12.3. The molecule has 0 aromatic carbocycles. The normalized spacial score (nSPS) is 14.8. The molecule has 0 aliphatic carbocycles. The summed E-state index contributed by atoms with van der Waals surface area (Å²) in [5, 5.41) is 12.7. The van der Waals surface area contributed by atoms with Gasteiger partial charge in [-0.05, 0) is 6.92 Å². The van der Waals surface area contributed by atoms with Crippen molar-refractivity contribution in [2.45, 2.75) is 13.5 Å². The first-order chi connectivity index (χ1) is 10.5. The van der Waals surface area contributed by atoms with E-state index >= 15 is 0 Å². The molecular formula is C13H18N4O5. The van der Waals surface area contributed by atoms with Crippen LogP contribution < -0.4 is 0 Å². The maximum Gasteiger partial charge on any atom is 0.409 e. The number of piperazine rings is 1. The summed E-state index contributed by atoms with van der Waals surface area (Å²) in [6.07, 6.45) is 2.15. The third kappa shape index (κ3) is 3.74. The Morgan fingerprint density at radius 3 is 2.41 bits per heavy atom. The molecule has 1 aliphatic rings. The smallest absolute Gasteiger partial charge is 0.409 e. The standard InChI is InChI=1S/C13H18N4O5/c1-2-22-13(21)16-5-3-15(4-6-16)11(18)9-17-8-10(7-14-17)12(19)20/h7-8H,2-6,9H2,1H3,(H,19,20). The molecule has 0 bridgehead atoms. The van der Waals surface area contributed by atoms with E-state index in [4.69, 9.17) is 9.84 Å². The molecule has 1 aromatic heterocycles. The van der Waals surface area contributed by atoms with Gasteiger partial charge in [-0.1, -0.05) is 0 Å². The van der Waals surface area contributed by atoms with Crippen molar-refractivity contribution in [3.63, 3.8) is 0 Å². The molecule has 1 saturated heterocycles. The molecule has 0 unspecified atom stereocenters. The molecule has 22 heavy (non-hydrogen) atoms. The van der Waals surface area contributed by atoms with Crippen molar-refractivity contribution in [3.8, 4) is 0 Å². The fourth-order valence-electron chi connectivity index (χ4n) is 2.15. The topological polar surface area (TPSA) is 105 Å². The van der Waals surface area contributed by atoms with E-state index < -0.39 is 5.97 Å². The van der Waals surface area contributed by atoms with Crippen LogP contribution in [0.3, 0.4) is 0 Å². The van der Waals surface area contributed by atoms with Gasteiger partial charge in [0.2, 0.25) is 5.91 Å². The number of hydrogen-bond donors (Lipinski definition) is 1. The molecule has 1 aromatic rings. The van der Waals surface area contributed by atoms with Gasteiger partial charge >= 0.3 is 12.1 Å². The van der Waals surface area contributed by atoms with Gasteiger partial charge in [0, 0.05) is 32.4 Å². The van der Waals surface area contributed by atoms with Crippen LogP contribution in [0.1, 0.15) is 17.3 Å². The largest absolute Gasteiger partial charge is 0.478 e. The molecule has 0 saturated carbocycles. The van der Waals surface area contributed by atoms with E-state index in [-0.39, 0.29) is 24.1 Å². The van der Waals surface area contributed by atoms with Gasteiger partial charge in [-0.15, -0.1) is 0 Å². The summed E-state index contributed by atoms with van der Waals surface area (Å²) in [5.74, 6) is -1.25. The van der Waals surface area contributed by atoms with Crippen LogP contribution in [0.2, 0.25) is 0 Å². The van der Waals surface area contributed by atoms with E-state index in [0.29, 0.717) is 32.8 Å². The Morgan fingerprint density at radius 1 is 1.23 bits per heavy atom. The first-order valence-electron chi connectivity index (χ1n) is 6.96. The van der Waals surface area contributed by atoms with E-state index in [9.17, 15) is 14.4 Å². The quantitative estimate of drug-likeness (QED) is 0.831. The van der Waals surface area contributed by atoms with Crippen molar-refractivity contribution in [2.24, 2.45) is 0 Å². The van der Waals surface area contributed by atoms with E-state index in [1.807, 2.05) is 0 Å². The lowest BCUT2D eigenvalue weighted by Gasteiger charge is -2.34. The fourth-order valence-corrected chi connectivity index (χ4v) is 2.15. The first-order valence-corrected chi connectivity index (χ1v) is 6.96. The molecule has 9 nitrogen and oxygen atoms in total. The molecule has 1 aliphatic heterocycles. The number of rotatable bonds is 4. The lowest BCUT2D eigenvalue weighted by atomic mass is 10.3. The summed E-state index contributed by atoms with van der Waals surface area (Å²) in [7, 11) is 0. The van der Waals surface area contributed by atoms with Crippen LogP contribution in [0.5, 0.6) is 0 Å². The molecule has 120 valence electrons. The minimum Gasteiger partial charge on any atom is -0.478 e. The number of carboxylic acid groups (broad SMARTS) is 1. The number of carbonyl (C=O) groups excluding carboxylic acids is 2. The predicted molar refractivity (Wildman–Crippen MR) is 74.4 cm³/mol. The van der Waals surface area contributed by atoms with Crippen molar-refractivity contribution in [2.75, 3.05) is 32.8 Å². The van der Waals surface area contributed by atoms with Gasteiger partial charge in [-0.2, -0.15) is 5.10 Å².